The Kier molecular flexibility index (Phi) is 12.1. The fourth-order valence-corrected chi connectivity index (χ4v) is 4.79. The van der Waals surface area contributed by atoms with Crippen molar-refractivity contribution >= 4 is 10.8 Å². The molecule has 1 fully saturated rings. The van der Waals surface area contributed by atoms with Crippen molar-refractivity contribution in [3.05, 3.63) is 65.7 Å². The first kappa shape index (κ1) is 27.5. The van der Waals surface area contributed by atoms with Crippen LogP contribution >= 0.6 is 0 Å². The van der Waals surface area contributed by atoms with Gasteiger partial charge in [-0.05, 0) is 35.8 Å². The molecule has 3 aromatic carbocycles. The molecule has 0 N–H and O–H groups in total. The minimum Gasteiger partial charge on any atom is -1.00 e. The molecule has 4 rings (SSSR count). The van der Waals surface area contributed by atoms with E-state index in [1.807, 2.05) is 0 Å². The number of hydrogen-bond donors (Lipinski definition) is 0. The molecule has 0 amide bonds. The molecule has 1 atom stereocenters. The summed E-state index contributed by atoms with van der Waals surface area (Å²) in [5, 5.41) is 2.83. The second-order valence-corrected chi connectivity index (χ2v) is 8.67. The number of fused-ring (bicyclic) bond motifs is 1. The van der Waals surface area contributed by atoms with Crippen LogP contribution in [0.25, 0.3) is 21.9 Å². The van der Waals surface area contributed by atoms with Crippen LogP contribution in [-0.2, 0) is 32.6 Å². The van der Waals surface area contributed by atoms with E-state index >= 15 is 0 Å². The van der Waals surface area contributed by atoms with Crippen LogP contribution in [0.2, 0.25) is 0 Å². The smallest absolute Gasteiger partial charge is 1.00 e. The average molecular weight is 520 g/mol. The summed E-state index contributed by atoms with van der Waals surface area (Å²) in [5.41, 5.74) is 5.72. The molecule has 1 radical (unpaired) electrons. The molecule has 0 heterocycles. The van der Waals surface area contributed by atoms with Gasteiger partial charge in [-0.15, -0.1) is 34.5 Å². The monoisotopic (exact) mass is 517 g/mol. The van der Waals surface area contributed by atoms with Crippen LogP contribution in [0.1, 0.15) is 75.8 Å². The Hall–Kier alpha value is -0.487. The van der Waals surface area contributed by atoms with Gasteiger partial charge in [0.25, 0.3) is 0 Å². The van der Waals surface area contributed by atoms with Gasteiger partial charge in [-0.3, -0.25) is 0 Å². The predicted octanol–water partition coefficient (Wildman–Crippen LogP) is 2.26. The Morgan fingerprint density at radius 3 is 2.23 bits per heavy atom. The fraction of sp³-hybridized carbons (Fsp3) is 0.444. The second-order valence-electron chi connectivity index (χ2n) is 8.67. The van der Waals surface area contributed by atoms with Gasteiger partial charge in [-0.25, -0.2) is 0 Å². The van der Waals surface area contributed by atoms with Gasteiger partial charge in [-0.2, -0.15) is 6.07 Å². The number of rotatable bonds is 5. The van der Waals surface area contributed by atoms with E-state index < -0.39 is 0 Å². The van der Waals surface area contributed by atoms with Gasteiger partial charge in [-0.1, -0.05) is 88.3 Å². The van der Waals surface area contributed by atoms with Crippen LogP contribution in [0.15, 0.2) is 54.6 Å². The van der Waals surface area contributed by atoms with Crippen molar-refractivity contribution in [1.29, 1.82) is 0 Å². The van der Waals surface area contributed by atoms with E-state index in [0.29, 0.717) is 5.92 Å². The Labute approximate surface area is 214 Å². The molecule has 0 aromatic heterocycles. The minimum atomic E-state index is 0. The van der Waals surface area contributed by atoms with E-state index in [-0.39, 0.29) is 51.0 Å². The molecular formula is C27H33Cl2Zr. The molecule has 159 valence electrons. The zero-order valence-corrected chi connectivity index (χ0v) is 22.2. The number of halogens is 2. The van der Waals surface area contributed by atoms with Gasteiger partial charge in [0.1, 0.15) is 0 Å². The maximum absolute atomic E-state index is 2.47. The van der Waals surface area contributed by atoms with Crippen molar-refractivity contribution in [1.82, 2.24) is 0 Å². The molecular weight excluding hydrogens is 486 g/mol. The second kappa shape index (κ2) is 13.2. The first-order chi connectivity index (χ1) is 13.2. The summed E-state index contributed by atoms with van der Waals surface area (Å²) in [5.74, 6) is 1.53. The van der Waals surface area contributed by atoms with Crippen molar-refractivity contribution in [3.63, 3.8) is 0 Å². The first-order valence-electron chi connectivity index (χ1n) is 11.0. The van der Waals surface area contributed by atoms with Crippen LogP contribution < -0.4 is 24.8 Å². The Balaban J connectivity index is 0.00000150. The van der Waals surface area contributed by atoms with Crippen LogP contribution in [-0.4, -0.2) is 0 Å². The van der Waals surface area contributed by atoms with Crippen LogP contribution in [0, 0.1) is 5.92 Å². The minimum absolute atomic E-state index is 0. The van der Waals surface area contributed by atoms with E-state index in [1.54, 1.807) is 5.56 Å². The summed E-state index contributed by atoms with van der Waals surface area (Å²) in [4.78, 5) is 0. The Bertz CT molecular complexity index is 874. The predicted molar refractivity (Wildman–Crippen MR) is 119 cm³/mol. The van der Waals surface area contributed by atoms with Gasteiger partial charge in [0.2, 0.25) is 0 Å². The molecule has 0 bridgehead atoms. The maximum atomic E-state index is 2.47. The molecule has 1 aliphatic carbocycles. The topological polar surface area (TPSA) is 0 Å². The Morgan fingerprint density at radius 1 is 0.933 bits per heavy atom. The quantitative estimate of drug-likeness (QED) is 0.359. The zero-order chi connectivity index (χ0) is 18.6. The first-order valence-corrected chi connectivity index (χ1v) is 11.0. The third kappa shape index (κ3) is 6.51. The van der Waals surface area contributed by atoms with Gasteiger partial charge < -0.3 is 24.8 Å². The van der Waals surface area contributed by atoms with E-state index in [9.17, 15) is 0 Å². The third-order valence-corrected chi connectivity index (χ3v) is 6.71. The van der Waals surface area contributed by atoms with Crippen molar-refractivity contribution in [2.75, 3.05) is 0 Å². The molecule has 1 saturated carbocycles. The van der Waals surface area contributed by atoms with Crippen molar-refractivity contribution < 1.29 is 51.0 Å². The molecule has 1 aliphatic rings. The molecule has 3 heteroatoms. The summed E-state index contributed by atoms with van der Waals surface area (Å²) < 4.78 is 0. The fourth-order valence-electron chi connectivity index (χ4n) is 4.79. The normalized spacial score (nSPS) is 15.4. The SMILES string of the molecule is CCC(C)c1ccc(-c2cccc3[cH-]c(CC4CCCCCC4)cc23)cc1.[Cl-].[Cl-].[Zr+3]. The van der Waals surface area contributed by atoms with E-state index in [4.69, 9.17) is 0 Å². The van der Waals surface area contributed by atoms with E-state index in [2.05, 4.69) is 68.4 Å². The van der Waals surface area contributed by atoms with Crippen molar-refractivity contribution in [3.8, 4) is 11.1 Å². The number of benzene rings is 2. The molecule has 3 aromatic rings. The van der Waals surface area contributed by atoms with Gasteiger partial charge >= 0.3 is 26.2 Å². The van der Waals surface area contributed by atoms with E-state index in [1.165, 1.54) is 78.8 Å². The summed E-state index contributed by atoms with van der Waals surface area (Å²) >= 11 is 0. The molecule has 0 saturated heterocycles. The number of hydrogen-bond acceptors (Lipinski definition) is 0. The van der Waals surface area contributed by atoms with Crippen LogP contribution in [0.4, 0.5) is 0 Å². The molecule has 1 unspecified atom stereocenters. The average Bonchev–Trinajstić information content (AvgIpc) is 2.94. The van der Waals surface area contributed by atoms with Crippen molar-refractivity contribution in [2.45, 2.75) is 71.1 Å². The maximum Gasteiger partial charge on any atom is 3.00 e. The van der Waals surface area contributed by atoms with E-state index in [0.717, 1.165) is 5.92 Å². The van der Waals surface area contributed by atoms with Crippen LogP contribution in [0.3, 0.4) is 0 Å². The summed E-state index contributed by atoms with van der Waals surface area (Å²) in [6.45, 7) is 4.58. The molecule has 30 heavy (non-hydrogen) atoms. The molecule has 0 aliphatic heterocycles. The summed E-state index contributed by atoms with van der Waals surface area (Å²) in [6.07, 6.45) is 11.0. The molecule has 0 nitrogen and oxygen atoms in total. The molecule has 0 spiro atoms. The van der Waals surface area contributed by atoms with Crippen molar-refractivity contribution in [2.24, 2.45) is 5.92 Å². The standard InChI is InChI=1S/C27H33.2ClH.Zr/c1-3-20(2)23-13-15-24(16-14-23)26-12-8-11-25-18-22(19-27(25)26)17-21-9-6-4-5-7-10-21;;;/h8,11-16,18-21H,3-7,9-10,17H2,1-2H3;2*1H;/q-1;;;+3/p-2. The van der Waals surface area contributed by atoms with Crippen LogP contribution in [0.5, 0.6) is 0 Å². The Morgan fingerprint density at radius 2 is 1.60 bits per heavy atom. The third-order valence-electron chi connectivity index (χ3n) is 6.71. The van der Waals surface area contributed by atoms with Gasteiger partial charge in [0, 0.05) is 0 Å². The summed E-state index contributed by atoms with van der Waals surface area (Å²) in [7, 11) is 0. The van der Waals surface area contributed by atoms with Gasteiger partial charge in [0.15, 0.2) is 0 Å². The zero-order valence-electron chi connectivity index (χ0n) is 18.3. The van der Waals surface area contributed by atoms with Gasteiger partial charge in [0.05, 0.1) is 0 Å². The summed E-state index contributed by atoms with van der Waals surface area (Å²) in [6, 6.07) is 21.0. The largest absolute Gasteiger partial charge is 3.00 e.